The van der Waals surface area contributed by atoms with Crippen LogP contribution in [0.4, 0.5) is 5.69 Å². The van der Waals surface area contributed by atoms with Crippen LogP contribution in [-0.4, -0.2) is 25.7 Å². The van der Waals surface area contributed by atoms with E-state index in [1.807, 2.05) is 6.07 Å². The van der Waals surface area contributed by atoms with Gasteiger partial charge in [0.1, 0.15) is 5.75 Å². The van der Waals surface area contributed by atoms with E-state index in [0.29, 0.717) is 12.1 Å². The molecule has 0 radical (unpaired) electrons. The van der Waals surface area contributed by atoms with Crippen LogP contribution in [0, 0.1) is 0 Å². The van der Waals surface area contributed by atoms with Gasteiger partial charge in [-0.05, 0) is 31.9 Å². The molecule has 2 N–H and O–H groups in total. The lowest BCUT2D eigenvalue weighted by Gasteiger charge is -2.38. The molecule has 2 rings (SSSR count). The van der Waals surface area contributed by atoms with Crippen molar-refractivity contribution in [2.75, 3.05) is 18.6 Å². The van der Waals surface area contributed by atoms with Crippen LogP contribution in [0.25, 0.3) is 0 Å². The first-order chi connectivity index (χ1) is 8.10. The summed E-state index contributed by atoms with van der Waals surface area (Å²) >= 11 is 3.52. The van der Waals surface area contributed by atoms with E-state index in [1.165, 1.54) is 5.69 Å². The minimum atomic E-state index is 0.343. The summed E-state index contributed by atoms with van der Waals surface area (Å²) in [6, 6.07) is 7.02. The van der Waals surface area contributed by atoms with Crippen LogP contribution in [0.15, 0.2) is 22.7 Å². The Kier molecular flexibility index (Phi) is 3.94. The summed E-state index contributed by atoms with van der Waals surface area (Å²) < 4.78 is 6.35. The van der Waals surface area contributed by atoms with E-state index in [-0.39, 0.29) is 0 Å². The van der Waals surface area contributed by atoms with Gasteiger partial charge >= 0.3 is 0 Å². The Bertz CT molecular complexity index is 397. The summed E-state index contributed by atoms with van der Waals surface area (Å²) in [6.45, 7) is 3.24. The minimum Gasteiger partial charge on any atom is -0.497 e. The maximum atomic E-state index is 5.99. The van der Waals surface area contributed by atoms with E-state index in [2.05, 4.69) is 39.9 Å². The van der Waals surface area contributed by atoms with Crippen molar-refractivity contribution in [1.82, 2.24) is 0 Å². The number of methoxy groups -OCH3 is 1. The highest BCUT2D eigenvalue weighted by Crippen LogP contribution is 2.30. The molecule has 1 aromatic rings. The number of ether oxygens (including phenoxy) is 1. The lowest BCUT2D eigenvalue weighted by molar-refractivity contribution is 0.411. The van der Waals surface area contributed by atoms with Crippen molar-refractivity contribution < 1.29 is 4.74 Å². The molecule has 1 heterocycles. The SMILES string of the molecule is COc1cc(Br)cc(N2CCC(N)CC2C)c1. The second-order valence-corrected chi connectivity index (χ2v) is 5.59. The van der Waals surface area contributed by atoms with Gasteiger partial charge in [0.2, 0.25) is 0 Å². The van der Waals surface area contributed by atoms with Crippen LogP contribution in [0.1, 0.15) is 19.8 Å². The quantitative estimate of drug-likeness (QED) is 0.912. The molecule has 0 aliphatic carbocycles. The Labute approximate surface area is 111 Å². The third-order valence-corrected chi connectivity index (χ3v) is 3.80. The van der Waals surface area contributed by atoms with Crippen molar-refractivity contribution in [3.8, 4) is 5.75 Å². The third-order valence-electron chi connectivity index (χ3n) is 3.34. The smallest absolute Gasteiger partial charge is 0.122 e. The van der Waals surface area contributed by atoms with Crippen molar-refractivity contribution >= 4 is 21.6 Å². The van der Waals surface area contributed by atoms with Gasteiger partial charge in [-0.1, -0.05) is 15.9 Å². The Morgan fingerprint density at radius 1 is 1.41 bits per heavy atom. The fourth-order valence-corrected chi connectivity index (χ4v) is 2.88. The van der Waals surface area contributed by atoms with Gasteiger partial charge in [-0.3, -0.25) is 0 Å². The van der Waals surface area contributed by atoms with Gasteiger partial charge < -0.3 is 15.4 Å². The molecule has 2 unspecified atom stereocenters. The molecular formula is C13H19BrN2O. The van der Waals surface area contributed by atoms with Crippen LogP contribution in [0.2, 0.25) is 0 Å². The number of anilines is 1. The first kappa shape index (κ1) is 12.7. The average Bonchev–Trinajstić information content (AvgIpc) is 2.28. The lowest BCUT2D eigenvalue weighted by atomic mass is 9.98. The second kappa shape index (κ2) is 5.27. The maximum absolute atomic E-state index is 5.99. The molecule has 0 bridgehead atoms. The number of piperidine rings is 1. The van der Waals surface area contributed by atoms with E-state index in [4.69, 9.17) is 10.5 Å². The zero-order chi connectivity index (χ0) is 12.4. The monoisotopic (exact) mass is 298 g/mol. The van der Waals surface area contributed by atoms with Crippen LogP contribution in [-0.2, 0) is 0 Å². The van der Waals surface area contributed by atoms with Crippen molar-refractivity contribution in [2.45, 2.75) is 31.8 Å². The standard InChI is InChI=1S/C13H19BrN2O/c1-9-5-11(15)3-4-16(9)12-6-10(14)7-13(8-12)17-2/h6-9,11H,3-5,15H2,1-2H3. The van der Waals surface area contributed by atoms with Crippen molar-refractivity contribution in [3.63, 3.8) is 0 Å². The fourth-order valence-electron chi connectivity index (χ4n) is 2.42. The summed E-state index contributed by atoms with van der Waals surface area (Å²) in [4.78, 5) is 2.40. The Morgan fingerprint density at radius 2 is 2.18 bits per heavy atom. The number of nitrogens with two attached hydrogens (primary N) is 1. The van der Waals surface area contributed by atoms with Gasteiger partial charge in [-0.2, -0.15) is 0 Å². The number of hydrogen-bond acceptors (Lipinski definition) is 3. The summed E-state index contributed by atoms with van der Waals surface area (Å²) in [6.07, 6.45) is 2.11. The second-order valence-electron chi connectivity index (χ2n) is 4.68. The molecule has 0 spiro atoms. The molecule has 0 aromatic heterocycles. The van der Waals surface area contributed by atoms with Crippen LogP contribution in [0.3, 0.4) is 0 Å². The number of hydrogen-bond donors (Lipinski definition) is 1. The molecule has 1 aromatic carbocycles. The molecule has 17 heavy (non-hydrogen) atoms. The predicted octanol–water partition coefficient (Wildman–Crippen LogP) is 2.77. The molecule has 2 atom stereocenters. The number of rotatable bonds is 2. The van der Waals surface area contributed by atoms with Gasteiger partial charge in [0.15, 0.2) is 0 Å². The van der Waals surface area contributed by atoms with Crippen LogP contribution >= 0.6 is 15.9 Å². The van der Waals surface area contributed by atoms with Crippen LogP contribution in [0.5, 0.6) is 5.75 Å². The summed E-state index contributed by atoms with van der Waals surface area (Å²) in [7, 11) is 1.70. The van der Waals surface area contributed by atoms with Gasteiger partial charge in [0.25, 0.3) is 0 Å². The molecule has 1 aliphatic rings. The molecule has 4 heteroatoms. The number of nitrogens with zero attached hydrogens (tertiary/aromatic N) is 1. The minimum absolute atomic E-state index is 0.343. The molecule has 1 fully saturated rings. The largest absolute Gasteiger partial charge is 0.497 e. The van der Waals surface area contributed by atoms with Gasteiger partial charge in [-0.15, -0.1) is 0 Å². The van der Waals surface area contributed by atoms with Crippen molar-refractivity contribution in [2.24, 2.45) is 5.73 Å². The molecular weight excluding hydrogens is 280 g/mol. The Hall–Kier alpha value is -0.740. The molecule has 1 saturated heterocycles. The summed E-state index contributed by atoms with van der Waals surface area (Å²) in [5, 5.41) is 0. The van der Waals surface area contributed by atoms with Gasteiger partial charge in [0, 0.05) is 34.9 Å². The maximum Gasteiger partial charge on any atom is 0.122 e. The van der Waals surface area contributed by atoms with E-state index >= 15 is 0 Å². The number of benzene rings is 1. The third kappa shape index (κ3) is 2.93. The highest BCUT2D eigenvalue weighted by Gasteiger charge is 2.23. The van der Waals surface area contributed by atoms with Gasteiger partial charge in [-0.25, -0.2) is 0 Å². The normalized spacial score (nSPS) is 24.8. The highest BCUT2D eigenvalue weighted by atomic mass is 79.9. The number of halogens is 1. The van der Waals surface area contributed by atoms with Crippen LogP contribution < -0.4 is 15.4 Å². The molecule has 0 saturated carbocycles. The summed E-state index contributed by atoms with van der Waals surface area (Å²) in [5.41, 5.74) is 7.20. The predicted molar refractivity (Wildman–Crippen MR) is 74.7 cm³/mol. The zero-order valence-electron chi connectivity index (χ0n) is 10.3. The lowest BCUT2D eigenvalue weighted by Crippen LogP contribution is -2.45. The van der Waals surface area contributed by atoms with Crippen molar-refractivity contribution in [1.29, 1.82) is 0 Å². The fraction of sp³-hybridized carbons (Fsp3) is 0.538. The highest BCUT2D eigenvalue weighted by molar-refractivity contribution is 9.10. The van der Waals surface area contributed by atoms with E-state index in [1.54, 1.807) is 7.11 Å². The summed E-state index contributed by atoms with van der Waals surface area (Å²) in [5.74, 6) is 0.886. The molecule has 0 amide bonds. The zero-order valence-corrected chi connectivity index (χ0v) is 11.9. The van der Waals surface area contributed by atoms with E-state index < -0.39 is 0 Å². The average molecular weight is 299 g/mol. The Morgan fingerprint density at radius 3 is 2.82 bits per heavy atom. The first-order valence-corrected chi connectivity index (χ1v) is 6.76. The molecule has 1 aliphatic heterocycles. The molecule has 94 valence electrons. The topological polar surface area (TPSA) is 38.5 Å². The van der Waals surface area contributed by atoms with E-state index in [9.17, 15) is 0 Å². The van der Waals surface area contributed by atoms with E-state index in [0.717, 1.165) is 29.6 Å². The van der Waals surface area contributed by atoms with Gasteiger partial charge in [0.05, 0.1) is 7.11 Å². The van der Waals surface area contributed by atoms with Crippen molar-refractivity contribution in [3.05, 3.63) is 22.7 Å². The first-order valence-electron chi connectivity index (χ1n) is 5.97. The molecule has 3 nitrogen and oxygen atoms in total. The Balaban J connectivity index is 2.24.